The molecule has 0 spiro atoms. The standard InChI is InChI=1S/C27H32N2O/c30-27(17-11-23-7-13-25(14-8-23)28-19-3-1-4-20-28)18-12-24-9-15-26(16-10-24)29-21-5-2-6-22-29/h7-18H,1-6,19-22H2/b17-11+,18-12+. The average Bonchev–Trinajstić information content (AvgIpc) is 2.83. The van der Waals surface area contributed by atoms with Crippen molar-refractivity contribution in [2.75, 3.05) is 36.0 Å². The van der Waals surface area contributed by atoms with Crippen LogP contribution in [0.5, 0.6) is 0 Å². The number of allylic oxidation sites excluding steroid dienone is 2. The van der Waals surface area contributed by atoms with Gasteiger partial charge in [-0.05, 0) is 86.1 Å². The Balaban J connectivity index is 1.30. The highest BCUT2D eigenvalue weighted by molar-refractivity contribution is 6.04. The van der Waals surface area contributed by atoms with Crippen LogP contribution in [0.2, 0.25) is 0 Å². The molecule has 0 aromatic heterocycles. The Bertz CT molecular complexity index is 795. The molecule has 4 rings (SSSR count). The summed E-state index contributed by atoms with van der Waals surface area (Å²) in [5.74, 6) is 0.00946. The number of nitrogens with zero attached hydrogens (tertiary/aromatic N) is 2. The van der Waals surface area contributed by atoms with Crippen LogP contribution in [0, 0.1) is 0 Å². The number of hydrogen-bond donors (Lipinski definition) is 0. The van der Waals surface area contributed by atoms with Crippen molar-refractivity contribution in [3.63, 3.8) is 0 Å². The molecule has 2 fully saturated rings. The minimum atomic E-state index is 0.00946. The van der Waals surface area contributed by atoms with E-state index in [4.69, 9.17) is 0 Å². The lowest BCUT2D eigenvalue weighted by Crippen LogP contribution is -2.29. The molecular weight excluding hydrogens is 368 g/mol. The first kappa shape index (κ1) is 20.5. The molecule has 2 saturated heterocycles. The molecule has 3 nitrogen and oxygen atoms in total. The molecule has 2 heterocycles. The Labute approximate surface area is 180 Å². The van der Waals surface area contributed by atoms with E-state index < -0.39 is 0 Å². The van der Waals surface area contributed by atoms with E-state index >= 15 is 0 Å². The molecule has 0 bridgehead atoms. The van der Waals surface area contributed by atoms with Crippen molar-refractivity contribution in [3.05, 3.63) is 71.8 Å². The molecule has 0 N–H and O–H groups in total. The average molecular weight is 401 g/mol. The number of carbonyl (C=O) groups excluding carboxylic acids is 1. The fourth-order valence-corrected chi connectivity index (χ4v) is 4.31. The van der Waals surface area contributed by atoms with Gasteiger partial charge in [0.15, 0.2) is 5.78 Å². The van der Waals surface area contributed by atoms with Crippen LogP contribution in [0.15, 0.2) is 60.7 Å². The van der Waals surface area contributed by atoms with Crippen LogP contribution in [0.25, 0.3) is 12.2 Å². The monoisotopic (exact) mass is 400 g/mol. The molecule has 0 radical (unpaired) electrons. The number of ketones is 1. The Morgan fingerprint density at radius 1 is 0.567 bits per heavy atom. The van der Waals surface area contributed by atoms with E-state index in [1.165, 1.54) is 49.9 Å². The number of carbonyl (C=O) groups is 1. The van der Waals surface area contributed by atoms with Gasteiger partial charge in [-0.3, -0.25) is 4.79 Å². The van der Waals surface area contributed by atoms with Gasteiger partial charge >= 0.3 is 0 Å². The first-order chi connectivity index (χ1) is 14.8. The van der Waals surface area contributed by atoms with Gasteiger partial charge in [0.1, 0.15) is 0 Å². The summed E-state index contributed by atoms with van der Waals surface area (Å²) in [7, 11) is 0. The summed E-state index contributed by atoms with van der Waals surface area (Å²) >= 11 is 0. The molecule has 0 saturated carbocycles. The lowest BCUT2D eigenvalue weighted by atomic mass is 10.1. The van der Waals surface area contributed by atoms with Crippen LogP contribution in [0.1, 0.15) is 49.7 Å². The van der Waals surface area contributed by atoms with Crippen molar-refractivity contribution in [2.24, 2.45) is 0 Å². The summed E-state index contributed by atoms with van der Waals surface area (Å²) in [6, 6.07) is 17.0. The van der Waals surface area contributed by atoms with Crippen LogP contribution in [-0.4, -0.2) is 32.0 Å². The molecule has 3 heteroatoms. The highest BCUT2D eigenvalue weighted by Crippen LogP contribution is 2.22. The summed E-state index contributed by atoms with van der Waals surface area (Å²) in [4.78, 5) is 17.1. The van der Waals surface area contributed by atoms with Gasteiger partial charge in [0.25, 0.3) is 0 Å². The van der Waals surface area contributed by atoms with Crippen molar-refractivity contribution in [2.45, 2.75) is 38.5 Å². The van der Waals surface area contributed by atoms with Gasteiger partial charge in [0.2, 0.25) is 0 Å². The van der Waals surface area contributed by atoms with E-state index in [-0.39, 0.29) is 5.78 Å². The molecule has 2 aliphatic rings. The molecule has 156 valence electrons. The third-order valence-electron chi connectivity index (χ3n) is 6.11. The van der Waals surface area contributed by atoms with Crippen LogP contribution in [0.3, 0.4) is 0 Å². The second-order valence-corrected chi connectivity index (χ2v) is 8.35. The van der Waals surface area contributed by atoms with E-state index in [9.17, 15) is 4.79 Å². The predicted octanol–water partition coefficient (Wildman–Crippen LogP) is 5.96. The summed E-state index contributed by atoms with van der Waals surface area (Å²) in [5, 5.41) is 0. The SMILES string of the molecule is O=C(/C=C/c1ccc(N2CCCCC2)cc1)/C=C/c1ccc(N2CCCCC2)cc1. The van der Waals surface area contributed by atoms with Gasteiger partial charge in [0, 0.05) is 37.6 Å². The number of piperidine rings is 2. The maximum Gasteiger partial charge on any atom is 0.178 e. The summed E-state index contributed by atoms with van der Waals surface area (Å²) in [6.45, 7) is 4.60. The van der Waals surface area contributed by atoms with Gasteiger partial charge < -0.3 is 9.80 Å². The largest absolute Gasteiger partial charge is 0.372 e. The zero-order valence-corrected chi connectivity index (χ0v) is 17.8. The van der Waals surface area contributed by atoms with E-state index in [1.807, 2.05) is 12.2 Å². The third-order valence-corrected chi connectivity index (χ3v) is 6.11. The third kappa shape index (κ3) is 5.63. The van der Waals surface area contributed by atoms with Crippen LogP contribution in [0.4, 0.5) is 11.4 Å². The topological polar surface area (TPSA) is 23.6 Å². The van der Waals surface area contributed by atoms with E-state index in [0.29, 0.717) is 0 Å². The number of rotatable bonds is 6. The molecular formula is C27H32N2O. The van der Waals surface area contributed by atoms with Crippen molar-refractivity contribution < 1.29 is 4.79 Å². The van der Waals surface area contributed by atoms with Crippen molar-refractivity contribution in [3.8, 4) is 0 Å². The molecule has 0 amide bonds. The minimum absolute atomic E-state index is 0.00946. The first-order valence-corrected chi connectivity index (χ1v) is 11.4. The molecule has 2 aromatic carbocycles. The highest BCUT2D eigenvalue weighted by atomic mass is 16.1. The predicted molar refractivity (Wildman–Crippen MR) is 128 cm³/mol. The zero-order chi connectivity index (χ0) is 20.6. The van der Waals surface area contributed by atoms with E-state index in [0.717, 1.165) is 37.3 Å². The molecule has 0 unspecified atom stereocenters. The van der Waals surface area contributed by atoms with E-state index in [1.54, 1.807) is 12.2 Å². The van der Waals surface area contributed by atoms with Gasteiger partial charge in [-0.1, -0.05) is 36.4 Å². The summed E-state index contributed by atoms with van der Waals surface area (Å²) in [6.07, 6.45) is 14.9. The van der Waals surface area contributed by atoms with E-state index in [2.05, 4.69) is 58.3 Å². The highest BCUT2D eigenvalue weighted by Gasteiger charge is 2.11. The molecule has 2 aromatic rings. The Hall–Kier alpha value is -2.81. The second kappa shape index (κ2) is 10.3. The quantitative estimate of drug-likeness (QED) is 0.559. The maximum atomic E-state index is 12.2. The molecule has 0 aliphatic carbocycles. The smallest absolute Gasteiger partial charge is 0.178 e. The lowest BCUT2D eigenvalue weighted by Gasteiger charge is -2.28. The van der Waals surface area contributed by atoms with Crippen molar-refractivity contribution >= 4 is 29.3 Å². The summed E-state index contributed by atoms with van der Waals surface area (Å²) < 4.78 is 0. The minimum Gasteiger partial charge on any atom is -0.372 e. The summed E-state index contributed by atoms with van der Waals surface area (Å²) in [5.41, 5.74) is 4.68. The number of hydrogen-bond acceptors (Lipinski definition) is 3. The van der Waals surface area contributed by atoms with Gasteiger partial charge in [-0.25, -0.2) is 0 Å². The number of benzene rings is 2. The molecule has 30 heavy (non-hydrogen) atoms. The first-order valence-electron chi connectivity index (χ1n) is 11.4. The Morgan fingerprint density at radius 2 is 0.933 bits per heavy atom. The van der Waals surface area contributed by atoms with Crippen molar-refractivity contribution in [1.29, 1.82) is 0 Å². The fourth-order valence-electron chi connectivity index (χ4n) is 4.31. The lowest BCUT2D eigenvalue weighted by molar-refractivity contribution is -0.110. The second-order valence-electron chi connectivity index (χ2n) is 8.35. The van der Waals surface area contributed by atoms with Crippen LogP contribution in [-0.2, 0) is 4.79 Å². The number of anilines is 2. The normalized spacial score (nSPS) is 17.7. The van der Waals surface area contributed by atoms with Crippen LogP contribution >= 0.6 is 0 Å². The Kier molecular flexibility index (Phi) is 7.02. The maximum absolute atomic E-state index is 12.2. The fraction of sp³-hybridized carbons (Fsp3) is 0.370. The van der Waals surface area contributed by atoms with Crippen molar-refractivity contribution in [1.82, 2.24) is 0 Å². The Morgan fingerprint density at radius 3 is 1.30 bits per heavy atom. The van der Waals surface area contributed by atoms with Gasteiger partial charge in [-0.2, -0.15) is 0 Å². The molecule has 2 aliphatic heterocycles. The van der Waals surface area contributed by atoms with Gasteiger partial charge in [-0.15, -0.1) is 0 Å². The molecule has 0 atom stereocenters. The zero-order valence-electron chi connectivity index (χ0n) is 17.8. The van der Waals surface area contributed by atoms with Crippen LogP contribution < -0.4 is 9.80 Å². The van der Waals surface area contributed by atoms with Gasteiger partial charge in [0.05, 0.1) is 0 Å².